The van der Waals surface area contributed by atoms with E-state index in [0.29, 0.717) is 29.7 Å². The van der Waals surface area contributed by atoms with E-state index in [0.717, 1.165) is 12.0 Å². The van der Waals surface area contributed by atoms with Gasteiger partial charge in [-0.2, -0.15) is 0 Å². The van der Waals surface area contributed by atoms with Gasteiger partial charge in [0.05, 0.1) is 19.1 Å². The minimum absolute atomic E-state index is 0.0632. The van der Waals surface area contributed by atoms with E-state index in [9.17, 15) is 14.7 Å². The molecule has 0 radical (unpaired) electrons. The third-order valence-corrected chi connectivity index (χ3v) is 5.79. The van der Waals surface area contributed by atoms with E-state index in [4.69, 9.17) is 18.9 Å². The molecule has 184 valence electrons. The number of ether oxygens (including phenoxy) is 4. The SMILES string of the molecule is CCCC(C)C(=O)Oc1cc(C)cc2c1Oc1ccc([C@@H](O)CC(C)C)c(OC)c1C(=O)OC2. The number of fused-ring (bicyclic) bond motifs is 2. The van der Waals surface area contributed by atoms with Gasteiger partial charge in [-0.1, -0.05) is 34.1 Å². The molecule has 0 saturated heterocycles. The molecule has 0 aromatic heterocycles. The number of aryl methyl sites for hydroxylation is 1. The van der Waals surface area contributed by atoms with Crippen LogP contribution in [0.5, 0.6) is 23.0 Å². The van der Waals surface area contributed by atoms with E-state index in [1.165, 1.54) is 7.11 Å². The Morgan fingerprint density at radius 1 is 1.21 bits per heavy atom. The molecule has 2 aromatic rings. The summed E-state index contributed by atoms with van der Waals surface area (Å²) in [5.74, 6) is 0.0170. The van der Waals surface area contributed by atoms with E-state index in [1.807, 2.05) is 40.7 Å². The van der Waals surface area contributed by atoms with Gasteiger partial charge in [0.1, 0.15) is 23.7 Å². The lowest BCUT2D eigenvalue weighted by Crippen LogP contribution is -2.19. The topological polar surface area (TPSA) is 91.3 Å². The third kappa shape index (κ3) is 5.53. The summed E-state index contributed by atoms with van der Waals surface area (Å²) in [5, 5.41) is 10.7. The maximum atomic E-state index is 13.0. The van der Waals surface area contributed by atoms with Crippen molar-refractivity contribution >= 4 is 11.9 Å². The minimum Gasteiger partial charge on any atom is -0.495 e. The average Bonchev–Trinajstić information content (AvgIpc) is 2.77. The van der Waals surface area contributed by atoms with Crippen molar-refractivity contribution in [2.75, 3.05) is 7.11 Å². The van der Waals surface area contributed by atoms with E-state index >= 15 is 0 Å². The van der Waals surface area contributed by atoms with Crippen LogP contribution in [-0.4, -0.2) is 24.2 Å². The molecule has 0 spiro atoms. The van der Waals surface area contributed by atoms with E-state index in [1.54, 1.807) is 18.2 Å². The van der Waals surface area contributed by atoms with Crippen molar-refractivity contribution in [2.24, 2.45) is 11.8 Å². The summed E-state index contributed by atoms with van der Waals surface area (Å²) < 4.78 is 23.1. The molecular formula is C27H34O7. The van der Waals surface area contributed by atoms with Crippen molar-refractivity contribution in [1.29, 1.82) is 0 Å². The fourth-order valence-corrected chi connectivity index (χ4v) is 4.11. The molecule has 0 saturated carbocycles. The second kappa shape index (κ2) is 10.9. The van der Waals surface area contributed by atoms with Gasteiger partial charge in [-0.25, -0.2) is 4.79 Å². The number of carbonyl (C=O) groups excluding carboxylic acids is 2. The number of hydrogen-bond acceptors (Lipinski definition) is 7. The van der Waals surface area contributed by atoms with Crippen molar-refractivity contribution in [3.8, 4) is 23.0 Å². The van der Waals surface area contributed by atoms with Crippen LogP contribution in [0.25, 0.3) is 0 Å². The molecule has 2 aromatic carbocycles. The number of aliphatic hydroxyl groups is 1. The molecule has 1 N–H and O–H groups in total. The molecule has 1 heterocycles. The Balaban J connectivity index is 2.08. The van der Waals surface area contributed by atoms with Crippen LogP contribution in [0.15, 0.2) is 24.3 Å². The van der Waals surface area contributed by atoms with Crippen LogP contribution in [0.4, 0.5) is 0 Å². The molecule has 0 bridgehead atoms. The zero-order valence-corrected chi connectivity index (χ0v) is 20.8. The summed E-state index contributed by atoms with van der Waals surface area (Å²) in [6, 6.07) is 6.86. The van der Waals surface area contributed by atoms with Gasteiger partial charge in [-0.15, -0.1) is 0 Å². The van der Waals surface area contributed by atoms with E-state index in [2.05, 4.69) is 0 Å². The number of hydrogen-bond donors (Lipinski definition) is 1. The second-order valence-corrected chi connectivity index (χ2v) is 9.25. The minimum atomic E-state index is -0.815. The van der Waals surface area contributed by atoms with Gasteiger partial charge in [0, 0.05) is 11.1 Å². The predicted molar refractivity (Wildman–Crippen MR) is 127 cm³/mol. The molecule has 0 fully saturated rings. The fourth-order valence-electron chi connectivity index (χ4n) is 4.11. The van der Waals surface area contributed by atoms with Gasteiger partial charge in [0.25, 0.3) is 0 Å². The number of rotatable bonds is 8. The van der Waals surface area contributed by atoms with Crippen molar-refractivity contribution in [1.82, 2.24) is 0 Å². The van der Waals surface area contributed by atoms with Crippen LogP contribution in [0.1, 0.15) is 80.1 Å². The molecular weight excluding hydrogens is 436 g/mol. The highest BCUT2D eigenvalue weighted by Gasteiger charge is 2.30. The van der Waals surface area contributed by atoms with Crippen LogP contribution in [0.3, 0.4) is 0 Å². The zero-order chi connectivity index (χ0) is 25.0. The molecule has 1 aliphatic heterocycles. The molecule has 1 aliphatic rings. The molecule has 7 nitrogen and oxygen atoms in total. The lowest BCUT2D eigenvalue weighted by atomic mass is 9.96. The lowest BCUT2D eigenvalue weighted by Gasteiger charge is -2.24. The monoisotopic (exact) mass is 470 g/mol. The van der Waals surface area contributed by atoms with E-state index in [-0.39, 0.29) is 47.2 Å². The normalized spacial score (nSPS) is 14.6. The lowest BCUT2D eigenvalue weighted by molar-refractivity contribution is -0.138. The Hall–Kier alpha value is -3.06. The standard InChI is InChI=1S/C27H34O7/c1-7-8-17(5)26(29)34-22-13-16(4)12-18-14-32-27(30)23-21(33-24(18)22)10-9-19(25(23)31-6)20(28)11-15(2)3/h9-10,12-13,15,17,20,28H,7-8,11,14H2,1-6H3/t17?,20-/m0/s1. The smallest absolute Gasteiger partial charge is 0.346 e. The first-order valence-corrected chi connectivity index (χ1v) is 11.7. The zero-order valence-electron chi connectivity index (χ0n) is 20.8. The third-order valence-electron chi connectivity index (χ3n) is 5.79. The molecule has 7 heteroatoms. The highest BCUT2D eigenvalue weighted by Crippen LogP contribution is 2.44. The van der Waals surface area contributed by atoms with Crippen LogP contribution < -0.4 is 14.2 Å². The molecule has 3 rings (SSSR count). The highest BCUT2D eigenvalue weighted by molar-refractivity contribution is 5.96. The summed E-state index contributed by atoms with van der Waals surface area (Å²) in [5.41, 5.74) is 2.01. The predicted octanol–water partition coefficient (Wildman–Crippen LogP) is 5.89. The fraction of sp³-hybridized carbons (Fsp3) is 0.481. The Morgan fingerprint density at radius 2 is 1.94 bits per heavy atom. The second-order valence-electron chi connectivity index (χ2n) is 9.25. The van der Waals surface area contributed by atoms with Gasteiger partial charge < -0.3 is 24.1 Å². The number of carbonyl (C=O) groups is 2. The number of aliphatic hydroxyl groups excluding tert-OH is 1. The van der Waals surface area contributed by atoms with Crippen molar-refractivity contribution < 1.29 is 33.6 Å². The summed E-state index contributed by atoms with van der Waals surface area (Å²) in [6.45, 7) is 9.66. The maximum absolute atomic E-state index is 13.0. The summed E-state index contributed by atoms with van der Waals surface area (Å²) >= 11 is 0. The summed E-state index contributed by atoms with van der Waals surface area (Å²) in [7, 11) is 1.44. The Morgan fingerprint density at radius 3 is 2.59 bits per heavy atom. The highest BCUT2D eigenvalue weighted by atomic mass is 16.6. The Bertz CT molecular complexity index is 1060. The number of cyclic esters (lactones) is 1. The van der Waals surface area contributed by atoms with Crippen molar-refractivity contribution in [2.45, 2.75) is 66.6 Å². The first-order chi connectivity index (χ1) is 16.2. The van der Waals surface area contributed by atoms with Gasteiger partial charge in [-0.05, 0) is 55.5 Å². The molecule has 2 atom stereocenters. The first-order valence-electron chi connectivity index (χ1n) is 11.7. The van der Waals surface area contributed by atoms with Gasteiger partial charge in [0.2, 0.25) is 0 Å². The molecule has 34 heavy (non-hydrogen) atoms. The quantitative estimate of drug-likeness (QED) is 0.380. The summed E-state index contributed by atoms with van der Waals surface area (Å²) in [6.07, 6.45) is 1.27. The van der Waals surface area contributed by atoms with Crippen LogP contribution in [-0.2, 0) is 16.1 Å². The van der Waals surface area contributed by atoms with Crippen molar-refractivity contribution in [3.05, 3.63) is 46.5 Å². The Labute approximate surface area is 201 Å². The van der Waals surface area contributed by atoms with Crippen LogP contribution in [0, 0.1) is 18.8 Å². The molecule has 0 aliphatic carbocycles. The van der Waals surface area contributed by atoms with Gasteiger partial charge in [-0.3, -0.25) is 4.79 Å². The van der Waals surface area contributed by atoms with Crippen LogP contribution in [0.2, 0.25) is 0 Å². The first kappa shape index (κ1) is 25.6. The van der Waals surface area contributed by atoms with Crippen LogP contribution >= 0.6 is 0 Å². The Kier molecular flexibility index (Phi) is 8.20. The molecule has 1 unspecified atom stereocenters. The van der Waals surface area contributed by atoms with Gasteiger partial charge in [0.15, 0.2) is 11.5 Å². The largest absolute Gasteiger partial charge is 0.495 e. The van der Waals surface area contributed by atoms with Crippen molar-refractivity contribution in [3.63, 3.8) is 0 Å². The average molecular weight is 471 g/mol. The maximum Gasteiger partial charge on any atom is 0.346 e. The number of methoxy groups -OCH3 is 1. The van der Waals surface area contributed by atoms with Gasteiger partial charge >= 0.3 is 11.9 Å². The summed E-state index contributed by atoms with van der Waals surface area (Å²) in [4.78, 5) is 25.7. The number of esters is 2. The van der Waals surface area contributed by atoms with E-state index < -0.39 is 12.1 Å². The molecule has 0 amide bonds. The number of benzene rings is 2.